The molecule has 0 unspecified atom stereocenters. The van der Waals surface area contributed by atoms with E-state index in [1.807, 2.05) is 35.2 Å². The first-order valence-corrected chi connectivity index (χ1v) is 7.94. The fraction of sp³-hybridized carbons (Fsp3) is 0.167. The monoisotopic (exact) mass is 331 g/mol. The van der Waals surface area contributed by atoms with Crippen LogP contribution in [0.25, 0.3) is 15.8 Å². The highest BCUT2D eigenvalue weighted by atomic mass is 16.4. The van der Waals surface area contributed by atoms with Gasteiger partial charge < -0.3 is 18.7 Å². The van der Waals surface area contributed by atoms with Gasteiger partial charge in [-0.1, -0.05) is 29.8 Å². The van der Waals surface area contributed by atoms with Gasteiger partial charge in [0.15, 0.2) is 0 Å². The molecule has 122 valence electrons. The van der Waals surface area contributed by atoms with E-state index in [0.29, 0.717) is 12.6 Å². The summed E-state index contributed by atoms with van der Waals surface area (Å²) in [7, 11) is 0. The maximum atomic E-state index is 7.10. The van der Waals surface area contributed by atoms with Gasteiger partial charge in [0, 0.05) is 24.0 Å². The van der Waals surface area contributed by atoms with Crippen molar-refractivity contribution >= 4 is 22.8 Å². The summed E-state index contributed by atoms with van der Waals surface area (Å²) in [5, 5.41) is 1.04. The number of aromatic amines is 1. The predicted molar refractivity (Wildman–Crippen MR) is 90.5 cm³/mol. The van der Waals surface area contributed by atoms with Crippen LogP contribution >= 0.6 is 0 Å². The summed E-state index contributed by atoms with van der Waals surface area (Å²) in [6, 6.07) is 10.1. The number of para-hydroxylation sites is 1. The highest BCUT2D eigenvalue weighted by molar-refractivity contribution is 5.78. The van der Waals surface area contributed by atoms with Crippen molar-refractivity contribution in [2.45, 2.75) is 12.5 Å². The minimum atomic E-state index is -0.250. The molecule has 7 heteroatoms. The SMILES string of the molecule is [C-]#[N+]c1coc(N2CCc3[nH]cnc3[C@@H]2c2cc3ccccc3o2)n1. The van der Waals surface area contributed by atoms with Crippen LogP contribution in [0.2, 0.25) is 0 Å². The number of aromatic nitrogens is 3. The van der Waals surface area contributed by atoms with E-state index in [9.17, 15) is 0 Å². The predicted octanol–water partition coefficient (Wildman–Crippen LogP) is 3.85. The molecule has 1 aliphatic heterocycles. The second-order valence-corrected chi connectivity index (χ2v) is 5.90. The van der Waals surface area contributed by atoms with Crippen molar-refractivity contribution in [3.63, 3.8) is 0 Å². The van der Waals surface area contributed by atoms with E-state index in [2.05, 4.69) is 19.8 Å². The third kappa shape index (κ3) is 2.11. The Balaban J connectivity index is 1.67. The Morgan fingerprint density at radius 2 is 2.24 bits per heavy atom. The molecule has 0 fully saturated rings. The lowest BCUT2D eigenvalue weighted by atomic mass is 10.0. The number of rotatable bonds is 2. The lowest BCUT2D eigenvalue weighted by Gasteiger charge is -2.30. The van der Waals surface area contributed by atoms with Gasteiger partial charge in [-0.15, -0.1) is 0 Å². The zero-order valence-corrected chi connectivity index (χ0v) is 13.1. The molecule has 1 atom stereocenters. The van der Waals surface area contributed by atoms with Crippen LogP contribution in [0, 0.1) is 6.57 Å². The summed E-state index contributed by atoms with van der Waals surface area (Å²) < 4.78 is 11.6. The molecule has 5 rings (SSSR count). The van der Waals surface area contributed by atoms with Crippen molar-refractivity contribution < 1.29 is 8.83 Å². The standard InChI is InChI=1S/C18H13N5O2/c1-19-15-9-24-18(22-15)23-7-6-12-16(21-10-20-12)17(23)14-8-11-4-2-3-5-13(11)25-14/h2-5,8-10,17H,6-7H2,(H,20,21)/t17-/m0/s1. The van der Waals surface area contributed by atoms with Gasteiger partial charge in [-0.2, -0.15) is 0 Å². The quantitative estimate of drug-likeness (QED) is 0.565. The Hall–Kier alpha value is -3.53. The van der Waals surface area contributed by atoms with Gasteiger partial charge in [-0.05, 0) is 12.1 Å². The normalized spacial score (nSPS) is 16.8. The molecule has 1 aliphatic rings. The molecular formula is C18H13N5O2. The van der Waals surface area contributed by atoms with E-state index in [0.717, 1.165) is 34.5 Å². The van der Waals surface area contributed by atoms with Gasteiger partial charge in [0.2, 0.25) is 0 Å². The van der Waals surface area contributed by atoms with Crippen LogP contribution in [0.1, 0.15) is 23.2 Å². The Kier molecular flexibility index (Phi) is 2.91. The lowest BCUT2D eigenvalue weighted by molar-refractivity contribution is 0.450. The van der Waals surface area contributed by atoms with E-state index < -0.39 is 0 Å². The number of H-pyrrole nitrogens is 1. The molecular weight excluding hydrogens is 318 g/mol. The molecule has 0 saturated heterocycles. The lowest BCUT2D eigenvalue weighted by Crippen LogP contribution is -2.36. The highest BCUT2D eigenvalue weighted by Gasteiger charge is 2.37. The number of benzene rings is 1. The molecule has 0 spiro atoms. The molecule has 0 radical (unpaired) electrons. The molecule has 0 bridgehead atoms. The second-order valence-electron chi connectivity index (χ2n) is 5.90. The first kappa shape index (κ1) is 13.9. The van der Waals surface area contributed by atoms with E-state index in [1.165, 1.54) is 6.26 Å². The molecule has 4 aromatic rings. The van der Waals surface area contributed by atoms with Crippen LogP contribution in [0.15, 0.2) is 51.8 Å². The minimum Gasteiger partial charge on any atom is -0.458 e. The first-order chi connectivity index (χ1) is 12.3. The number of imidazole rings is 1. The Bertz CT molecular complexity index is 1070. The molecule has 1 aromatic carbocycles. The zero-order valence-electron chi connectivity index (χ0n) is 13.1. The van der Waals surface area contributed by atoms with Crippen LogP contribution in [0.4, 0.5) is 11.8 Å². The number of anilines is 1. The molecule has 1 N–H and O–H groups in total. The maximum Gasteiger partial charge on any atom is 0.396 e. The van der Waals surface area contributed by atoms with E-state index >= 15 is 0 Å². The highest BCUT2D eigenvalue weighted by Crippen LogP contribution is 2.39. The first-order valence-electron chi connectivity index (χ1n) is 7.94. The van der Waals surface area contributed by atoms with E-state index in [-0.39, 0.29) is 11.9 Å². The molecule has 4 heterocycles. The summed E-state index contributed by atoms with van der Waals surface area (Å²) in [6.45, 7) is 7.79. The number of fused-ring (bicyclic) bond motifs is 2. The number of oxazole rings is 1. The molecule has 0 amide bonds. The summed E-state index contributed by atoms with van der Waals surface area (Å²) >= 11 is 0. The van der Waals surface area contributed by atoms with E-state index in [1.54, 1.807) is 6.33 Å². The number of nitrogens with one attached hydrogen (secondary N) is 1. The minimum absolute atomic E-state index is 0.242. The number of nitrogens with zero attached hydrogens (tertiary/aromatic N) is 4. The second kappa shape index (κ2) is 5.24. The van der Waals surface area contributed by atoms with Crippen molar-refractivity contribution in [3.05, 3.63) is 71.5 Å². The third-order valence-electron chi connectivity index (χ3n) is 4.48. The van der Waals surface area contributed by atoms with Gasteiger partial charge in [-0.25, -0.2) is 4.98 Å². The van der Waals surface area contributed by atoms with Gasteiger partial charge in [-0.3, -0.25) is 4.90 Å². The van der Waals surface area contributed by atoms with Crippen LogP contribution in [0.5, 0.6) is 0 Å². The smallest absolute Gasteiger partial charge is 0.396 e. The third-order valence-corrected chi connectivity index (χ3v) is 4.48. The van der Waals surface area contributed by atoms with Gasteiger partial charge >= 0.3 is 11.8 Å². The average Bonchev–Trinajstić information content (AvgIpc) is 3.37. The van der Waals surface area contributed by atoms with Crippen LogP contribution in [-0.2, 0) is 6.42 Å². The van der Waals surface area contributed by atoms with E-state index in [4.69, 9.17) is 15.4 Å². The van der Waals surface area contributed by atoms with Gasteiger partial charge in [0.05, 0.1) is 12.0 Å². The molecule has 25 heavy (non-hydrogen) atoms. The summed E-state index contributed by atoms with van der Waals surface area (Å²) in [4.78, 5) is 17.3. The van der Waals surface area contributed by atoms with Crippen molar-refractivity contribution in [2.24, 2.45) is 0 Å². The summed E-state index contributed by atoms with van der Waals surface area (Å²) in [6.07, 6.45) is 3.86. The van der Waals surface area contributed by atoms with Gasteiger partial charge in [0.25, 0.3) is 0 Å². The maximum absolute atomic E-state index is 7.10. The molecule has 0 saturated carbocycles. The summed E-state index contributed by atoms with van der Waals surface area (Å²) in [5.41, 5.74) is 2.81. The zero-order chi connectivity index (χ0) is 16.8. The fourth-order valence-corrected chi connectivity index (χ4v) is 3.35. The Morgan fingerprint density at radius 1 is 1.32 bits per heavy atom. The summed E-state index contributed by atoms with van der Waals surface area (Å²) in [5.74, 6) is 1.02. The van der Waals surface area contributed by atoms with Crippen molar-refractivity contribution in [1.29, 1.82) is 0 Å². The number of hydrogen-bond acceptors (Lipinski definition) is 5. The Labute approximate surface area is 142 Å². The van der Waals surface area contributed by atoms with Crippen molar-refractivity contribution in [2.75, 3.05) is 11.4 Å². The topological polar surface area (TPSA) is 75.5 Å². The average molecular weight is 331 g/mol. The molecule has 7 nitrogen and oxygen atoms in total. The number of furan rings is 1. The molecule has 3 aromatic heterocycles. The van der Waals surface area contributed by atoms with Crippen molar-refractivity contribution in [3.8, 4) is 0 Å². The Morgan fingerprint density at radius 3 is 3.08 bits per heavy atom. The van der Waals surface area contributed by atoms with Crippen molar-refractivity contribution in [1.82, 2.24) is 15.0 Å². The van der Waals surface area contributed by atoms with Gasteiger partial charge in [0.1, 0.15) is 23.6 Å². The molecule has 0 aliphatic carbocycles. The largest absolute Gasteiger partial charge is 0.458 e. The number of hydrogen-bond donors (Lipinski definition) is 1. The van der Waals surface area contributed by atoms with Crippen LogP contribution < -0.4 is 4.90 Å². The van der Waals surface area contributed by atoms with Crippen LogP contribution in [-0.4, -0.2) is 21.5 Å². The fourth-order valence-electron chi connectivity index (χ4n) is 3.35. The van der Waals surface area contributed by atoms with Crippen LogP contribution in [0.3, 0.4) is 0 Å².